The van der Waals surface area contributed by atoms with Crippen molar-refractivity contribution in [3.05, 3.63) is 95.3 Å². The van der Waals surface area contributed by atoms with Crippen LogP contribution in [0.3, 0.4) is 0 Å². The average Bonchev–Trinajstić information content (AvgIpc) is 2.93. The second-order valence-corrected chi connectivity index (χ2v) is 11.9. The van der Waals surface area contributed by atoms with Crippen molar-refractivity contribution >= 4 is 27.5 Å². The minimum Gasteiger partial charge on any atom is -0.352 e. The molecule has 0 radical (unpaired) electrons. The van der Waals surface area contributed by atoms with Gasteiger partial charge in [-0.15, -0.1) is 0 Å². The lowest BCUT2D eigenvalue weighted by Gasteiger charge is -2.33. The summed E-state index contributed by atoms with van der Waals surface area (Å²) >= 11 is 0. The molecule has 1 N–H and O–H groups in total. The number of sulfonamides is 1. The van der Waals surface area contributed by atoms with Crippen molar-refractivity contribution < 1.29 is 22.4 Å². The third-order valence-corrected chi connectivity index (χ3v) is 8.65. The summed E-state index contributed by atoms with van der Waals surface area (Å²) in [7, 11) is -4.25. The summed E-state index contributed by atoms with van der Waals surface area (Å²) in [6.45, 7) is 9.10. The number of carbonyl (C=O) groups is 2. The van der Waals surface area contributed by atoms with E-state index in [1.165, 1.54) is 17.0 Å². The fraction of sp³-hybridized carbons (Fsp3) is 0.355. The molecule has 0 saturated carbocycles. The molecule has 0 heterocycles. The lowest BCUT2D eigenvalue weighted by atomic mass is 10.1. The molecule has 0 bridgehead atoms. The van der Waals surface area contributed by atoms with Gasteiger partial charge in [0.25, 0.3) is 10.0 Å². The lowest BCUT2D eigenvalue weighted by Crippen LogP contribution is -2.53. The molecule has 9 heteroatoms. The standard InChI is InChI=1S/C31H38FN3O4S/c1-6-24(5)33-31(37)29(7-2)34(20-25-12-8-22(3)9-13-25)30(36)21-35(27-16-10-23(4)11-17-27)40(38,39)28-18-14-26(32)15-19-28/h8-19,24,29H,6-7,20-21H2,1-5H3,(H,33,37). The summed E-state index contributed by atoms with van der Waals surface area (Å²) in [4.78, 5) is 28.6. The normalized spacial score (nSPS) is 12.8. The molecular formula is C31H38FN3O4S. The lowest BCUT2D eigenvalue weighted by molar-refractivity contribution is -0.140. The Kier molecular flexibility index (Phi) is 10.5. The van der Waals surface area contributed by atoms with Crippen molar-refractivity contribution in [2.45, 2.75) is 71.0 Å². The SMILES string of the molecule is CCC(C)NC(=O)C(CC)N(Cc1ccc(C)cc1)C(=O)CN(c1ccc(C)cc1)S(=O)(=O)c1ccc(F)cc1. The first kappa shape index (κ1) is 30.8. The number of carbonyl (C=O) groups excluding carboxylic acids is 2. The van der Waals surface area contributed by atoms with E-state index in [0.29, 0.717) is 6.42 Å². The minimum absolute atomic E-state index is 0.0826. The van der Waals surface area contributed by atoms with E-state index >= 15 is 0 Å². The van der Waals surface area contributed by atoms with E-state index in [1.807, 2.05) is 58.9 Å². The molecule has 0 aromatic heterocycles. The average molecular weight is 568 g/mol. The molecule has 0 fully saturated rings. The molecular weight excluding hydrogens is 529 g/mol. The first-order chi connectivity index (χ1) is 19.0. The summed E-state index contributed by atoms with van der Waals surface area (Å²) in [6.07, 6.45) is 1.07. The molecule has 2 unspecified atom stereocenters. The van der Waals surface area contributed by atoms with Crippen LogP contribution in [0.25, 0.3) is 0 Å². The van der Waals surface area contributed by atoms with E-state index in [0.717, 1.165) is 39.5 Å². The van der Waals surface area contributed by atoms with E-state index in [4.69, 9.17) is 0 Å². The Morgan fingerprint density at radius 3 is 1.93 bits per heavy atom. The Hall–Kier alpha value is -3.72. The fourth-order valence-electron chi connectivity index (χ4n) is 4.22. The van der Waals surface area contributed by atoms with Gasteiger partial charge in [0.05, 0.1) is 10.6 Å². The molecule has 40 heavy (non-hydrogen) atoms. The van der Waals surface area contributed by atoms with Gasteiger partial charge in [-0.3, -0.25) is 13.9 Å². The molecule has 7 nitrogen and oxygen atoms in total. The Morgan fingerprint density at radius 2 is 1.40 bits per heavy atom. The highest BCUT2D eigenvalue weighted by molar-refractivity contribution is 7.92. The smallest absolute Gasteiger partial charge is 0.264 e. The molecule has 3 aromatic rings. The number of benzene rings is 3. The van der Waals surface area contributed by atoms with Crippen LogP contribution in [-0.4, -0.2) is 43.8 Å². The molecule has 3 rings (SSSR count). The summed E-state index contributed by atoms with van der Waals surface area (Å²) < 4.78 is 42.2. The van der Waals surface area contributed by atoms with Gasteiger partial charge in [-0.25, -0.2) is 12.8 Å². The van der Waals surface area contributed by atoms with Gasteiger partial charge < -0.3 is 10.2 Å². The highest BCUT2D eigenvalue weighted by atomic mass is 32.2. The molecule has 0 aliphatic carbocycles. The number of rotatable bonds is 12. The molecule has 0 aliphatic heterocycles. The van der Waals surface area contributed by atoms with Crippen LogP contribution in [0, 0.1) is 19.7 Å². The van der Waals surface area contributed by atoms with Gasteiger partial charge in [0.2, 0.25) is 11.8 Å². The Bertz CT molecular complexity index is 1390. The summed E-state index contributed by atoms with van der Waals surface area (Å²) in [5, 5.41) is 2.96. The second-order valence-electron chi connectivity index (χ2n) is 10.1. The Balaban J connectivity index is 2.04. The van der Waals surface area contributed by atoms with E-state index in [9.17, 15) is 22.4 Å². The number of nitrogens with one attached hydrogen (secondary N) is 1. The zero-order chi connectivity index (χ0) is 29.4. The van der Waals surface area contributed by atoms with Crippen LogP contribution in [0.2, 0.25) is 0 Å². The largest absolute Gasteiger partial charge is 0.352 e. The van der Waals surface area contributed by atoms with E-state index in [1.54, 1.807) is 24.3 Å². The third-order valence-electron chi connectivity index (χ3n) is 6.86. The zero-order valence-corrected chi connectivity index (χ0v) is 24.5. The van der Waals surface area contributed by atoms with Gasteiger partial charge >= 0.3 is 0 Å². The van der Waals surface area contributed by atoms with Crippen LogP contribution in [0.4, 0.5) is 10.1 Å². The van der Waals surface area contributed by atoms with E-state index < -0.39 is 34.3 Å². The second kappa shape index (κ2) is 13.6. The van der Waals surface area contributed by atoms with Crippen molar-refractivity contribution in [3.8, 4) is 0 Å². The summed E-state index contributed by atoms with van der Waals surface area (Å²) in [5.74, 6) is -1.39. The fourth-order valence-corrected chi connectivity index (χ4v) is 5.64. The minimum atomic E-state index is -4.25. The van der Waals surface area contributed by atoms with Crippen molar-refractivity contribution in [2.75, 3.05) is 10.8 Å². The third kappa shape index (κ3) is 7.69. The van der Waals surface area contributed by atoms with Crippen LogP contribution in [0.5, 0.6) is 0 Å². The van der Waals surface area contributed by atoms with Gasteiger partial charge in [-0.1, -0.05) is 61.4 Å². The van der Waals surface area contributed by atoms with E-state index in [2.05, 4.69) is 5.32 Å². The molecule has 2 atom stereocenters. The monoisotopic (exact) mass is 567 g/mol. The van der Waals surface area contributed by atoms with Crippen molar-refractivity contribution in [3.63, 3.8) is 0 Å². The van der Waals surface area contributed by atoms with Crippen LogP contribution < -0.4 is 9.62 Å². The highest BCUT2D eigenvalue weighted by Crippen LogP contribution is 2.25. The van der Waals surface area contributed by atoms with Crippen LogP contribution in [-0.2, 0) is 26.2 Å². The van der Waals surface area contributed by atoms with Crippen molar-refractivity contribution in [2.24, 2.45) is 0 Å². The molecule has 0 spiro atoms. The summed E-state index contributed by atoms with van der Waals surface area (Å²) in [6, 6.07) is 18.0. The van der Waals surface area contributed by atoms with Gasteiger partial charge in [0.1, 0.15) is 18.4 Å². The maximum absolute atomic E-state index is 14.0. The van der Waals surface area contributed by atoms with Crippen LogP contribution in [0.15, 0.2) is 77.7 Å². The number of halogens is 1. The van der Waals surface area contributed by atoms with Gasteiger partial charge in [-0.2, -0.15) is 0 Å². The number of hydrogen-bond donors (Lipinski definition) is 1. The van der Waals surface area contributed by atoms with Gasteiger partial charge in [0, 0.05) is 12.6 Å². The van der Waals surface area contributed by atoms with E-state index in [-0.39, 0.29) is 29.1 Å². The predicted molar refractivity (Wildman–Crippen MR) is 156 cm³/mol. The maximum atomic E-state index is 14.0. The quantitative estimate of drug-likeness (QED) is 0.319. The van der Waals surface area contributed by atoms with Crippen LogP contribution >= 0.6 is 0 Å². The Labute approximate surface area is 237 Å². The molecule has 0 aliphatic rings. The topological polar surface area (TPSA) is 86.8 Å². The van der Waals surface area contributed by atoms with Crippen molar-refractivity contribution in [1.29, 1.82) is 0 Å². The molecule has 214 valence electrons. The van der Waals surface area contributed by atoms with Crippen molar-refractivity contribution in [1.82, 2.24) is 10.2 Å². The first-order valence-corrected chi connectivity index (χ1v) is 14.9. The molecule has 3 aromatic carbocycles. The molecule has 2 amide bonds. The number of aryl methyl sites for hydroxylation is 2. The number of nitrogens with zero attached hydrogens (tertiary/aromatic N) is 2. The number of hydrogen-bond acceptors (Lipinski definition) is 4. The highest BCUT2D eigenvalue weighted by Gasteiger charge is 2.34. The molecule has 0 saturated heterocycles. The number of amides is 2. The Morgan fingerprint density at radius 1 is 0.850 bits per heavy atom. The summed E-state index contributed by atoms with van der Waals surface area (Å²) in [5.41, 5.74) is 3.08. The van der Waals surface area contributed by atoms with Gasteiger partial charge in [-0.05, 0) is 75.6 Å². The maximum Gasteiger partial charge on any atom is 0.264 e. The van der Waals surface area contributed by atoms with Gasteiger partial charge in [0.15, 0.2) is 0 Å². The predicted octanol–water partition coefficient (Wildman–Crippen LogP) is 5.36. The number of anilines is 1. The first-order valence-electron chi connectivity index (χ1n) is 13.5. The zero-order valence-electron chi connectivity index (χ0n) is 23.7. The van der Waals surface area contributed by atoms with Crippen LogP contribution in [0.1, 0.15) is 50.3 Å².